The van der Waals surface area contributed by atoms with E-state index in [1.807, 2.05) is 0 Å². The van der Waals surface area contributed by atoms with Crippen LogP contribution in [0.15, 0.2) is 18.2 Å². The van der Waals surface area contributed by atoms with Crippen molar-refractivity contribution in [3.8, 4) is 0 Å². The maximum Gasteiger partial charge on any atom is 0.471 e. The molecule has 1 heterocycles. The van der Waals surface area contributed by atoms with E-state index in [1.54, 1.807) is 18.2 Å². The zero-order chi connectivity index (χ0) is 14.2. The van der Waals surface area contributed by atoms with Gasteiger partial charge in [0.25, 0.3) is 0 Å². The fourth-order valence-electron chi connectivity index (χ4n) is 2.45. The molecule has 0 radical (unpaired) electrons. The quantitative estimate of drug-likeness (QED) is 0.736. The van der Waals surface area contributed by atoms with Gasteiger partial charge >= 0.3 is 12.1 Å². The van der Waals surface area contributed by atoms with Gasteiger partial charge in [-0.15, -0.1) is 0 Å². The molecular formula is C13H12F3NO2. The molecule has 1 unspecified atom stereocenters. The molecule has 1 aromatic rings. The van der Waals surface area contributed by atoms with E-state index in [9.17, 15) is 22.8 Å². The molecule has 0 saturated carbocycles. The second kappa shape index (κ2) is 4.68. The summed E-state index contributed by atoms with van der Waals surface area (Å²) in [5, 5.41) is 0. The zero-order valence-electron chi connectivity index (χ0n) is 10.2. The molecule has 1 aliphatic heterocycles. The summed E-state index contributed by atoms with van der Waals surface area (Å²) < 4.78 is 37.4. The van der Waals surface area contributed by atoms with Gasteiger partial charge in [0.1, 0.15) is 6.29 Å². The highest BCUT2D eigenvalue weighted by atomic mass is 19.4. The van der Waals surface area contributed by atoms with Crippen LogP contribution in [0.5, 0.6) is 0 Å². The molecule has 0 aliphatic carbocycles. The van der Waals surface area contributed by atoms with Crippen molar-refractivity contribution in [3.63, 3.8) is 0 Å². The monoisotopic (exact) mass is 271 g/mol. The van der Waals surface area contributed by atoms with Gasteiger partial charge in [-0.05, 0) is 24.5 Å². The van der Waals surface area contributed by atoms with Crippen LogP contribution in [-0.2, 0) is 11.2 Å². The van der Waals surface area contributed by atoms with Crippen molar-refractivity contribution in [1.82, 2.24) is 4.90 Å². The first-order valence-corrected chi connectivity index (χ1v) is 5.81. The minimum atomic E-state index is -4.87. The van der Waals surface area contributed by atoms with Crippen molar-refractivity contribution < 1.29 is 22.8 Å². The number of rotatable bonds is 1. The molecule has 102 valence electrons. The van der Waals surface area contributed by atoms with Gasteiger partial charge in [0.2, 0.25) is 0 Å². The highest BCUT2D eigenvalue weighted by Gasteiger charge is 2.45. The van der Waals surface area contributed by atoms with Gasteiger partial charge < -0.3 is 4.90 Å². The summed E-state index contributed by atoms with van der Waals surface area (Å²) in [6, 6.07) is 4.21. The number of halogens is 3. The molecule has 1 aromatic carbocycles. The number of hydrogen-bond acceptors (Lipinski definition) is 2. The van der Waals surface area contributed by atoms with E-state index < -0.39 is 18.1 Å². The number of aldehydes is 1. The third kappa shape index (κ3) is 2.34. The van der Waals surface area contributed by atoms with Gasteiger partial charge in [-0.3, -0.25) is 9.59 Å². The first-order chi connectivity index (χ1) is 8.86. The maximum absolute atomic E-state index is 12.5. The Labute approximate surface area is 108 Å². The Balaban J connectivity index is 2.38. The zero-order valence-corrected chi connectivity index (χ0v) is 10.2. The van der Waals surface area contributed by atoms with Crippen molar-refractivity contribution in [1.29, 1.82) is 0 Å². The molecule has 19 heavy (non-hydrogen) atoms. The summed E-state index contributed by atoms with van der Waals surface area (Å²) in [7, 11) is 0. The Kier molecular flexibility index (Phi) is 3.34. The summed E-state index contributed by atoms with van der Waals surface area (Å²) in [5.41, 5.74) is 1.81. The van der Waals surface area contributed by atoms with Gasteiger partial charge in [0.15, 0.2) is 0 Å². The van der Waals surface area contributed by atoms with Crippen LogP contribution in [0, 0.1) is 0 Å². The number of carbonyl (C=O) groups is 2. The lowest BCUT2D eigenvalue weighted by molar-refractivity contribution is -0.188. The molecule has 0 fully saturated rings. The van der Waals surface area contributed by atoms with Crippen molar-refractivity contribution in [2.45, 2.75) is 25.6 Å². The van der Waals surface area contributed by atoms with E-state index in [-0.39, 0.29) is 13.0 Å². The number of benzene rings is 1. The van der Waals surface area contributed by atoms with E-state index in [0.29, 0.717) is 17.4 Å². The van der Waals surface area contributed by atoms with E-state index >= 15 is 0 Å². The van der Waals surface area contributed by atoms with Crippen LogP contribution < -0.4 is 0 Å². The molecule has 0 spiro atoms. The van der Waals surface area contributed by atoms with Gasteiger partial charge in [-0.2, -0.15) is 13.2 Å². The molecular weight excluding hydrogens is 259 g/mol. The van der Waals surface area contributed by atoms with E-state index in [1.165, 1.54) is 6.92 Å². The van der Waals surface area contributed by atoms with Crippen LogP contribution in [0.2, 0.25) is 0 Å². The smallest absolute Gasteiger partial charge is 0.328 e. The molecule has 0 N–H and O–H groups in total. The van der Waals surface area contributed by atoms with Gasteiger partial charge in [0, 0.05) is 12.1 Å². The molecule has 1 atom stereocenters. The minimum Gasteiger partial charge on any atom is -0.328 e. The highest BCUT2D eigenvalue weighted by molar-refractivity contribution is 5.83. The molecule has 3 nitrogen and oxygen atoms in total. The summed E-state index contributed by atoms with van der Waals surface area (Å²) in [6.07, 6.45) is -3.92. The predicted molar refractivity (Wildman–Crippen MR) is 61.7 cm³/mol. The Morgan fingerprint density at radius 3 is 2.68 bits per heavy atom. The largest absolute Gasteiger partial charge is 0.471 e. The molecule has 1 amide bonds. The topological polar surface area (TPSA) is 37.4 Å². The fourth-order valence-corrected chi connectivity index (χ4v) is 2.45. The summed E-state index contributed by atoms with van der Waals surface area (Å²) in [4.78, 5) is 23.0. The Morgan fingerprint density at radius 2 is 2.11 bits per heavy atom. The van der Waals surface area contributed by atoms with Gasteiger partial charge in [-0.25, -0.2) is 0 Å². The molecule has 0 bridgehead atoms. The molecule has 1 aliphatic rings. The second-order valence-corrected chi connectivity index (χ2v) is 4.46. The highest BCUT2D eigenvalue weighted by Crippen LogP contribution is 2.33. The van der Waals surface area contributed by atoms with Crippen molar-refractivity contribution in [2.24, 2.45) is 0 Å². The summed E-state index contributed by atoms with van der Waals surface area (Å²) in [5.74, 6) is -1.83. The minimum absolute atomic E-state index is 0.0304. The Hall–Kier alpha value is -1.85. The average Bonchev–Trinajstić information content (AvgIpc) is 2.37. The van der Waals surface area contributed by atoms with Crippen LogP contribution in [0.1, 0.15) is 34.5 Å². The number of carbonyl (C=O) groups excluding carboxylic acids is 2. The van der Waals surface area contributed by atoms with E-state index in [0.717, 1.165) is 10.5 Å². The van der Waals surface area contributed by atoms with E-state index in [4.69, 9.17) is 0 Å². The van der Waals surface area contributed by atoms with Crippen molar-refractivity contribution >= 4 is 12.2 Å². The first-order valence-electron chi connectivity index (χ1n) is 5.81. The van der Waals surface area contributed by atoms with Crippen LogP contribution in [0.3, 0.4) is 0 Å². The fraction of sp³-hybridized carbons (Fsp3) is 0.385. The third-order valence-corrected chi connectivity index (χ3v) is 3.40. The molecule has 0 aromatic heterocycles. The number of nitrogens with zero attached hydrogens (tertiary/aromatic N) is 1. The lowest BCUT2D eigenvalue weighted by Gasteiger charge is -2.36. The predicted octanol–water partition coefficient (Wildman–Crippen LogP) is 2.51. The lowest BCUT2D eigenvalue weighted by Crippen LogP contribution is -2.45. The number of alkyl halides is 3. The van der Waals surface area contributed by atoms with Crippen molar-refractivity contribution in [3.05, 3.63) is 34.9 Å². The lowest BCUT2D eigenvalue weighted by atomic mass is 9.90. The van der Waals surface area contributed by atoms with Crippen LogP contribution in [-0.4, -0.2) is 29.8 Å². The van der Waals surface area contributed by atoms with Crippen molar-refractivity contribution in [2.75, 3.05) is 6.54 Å². The molecule has 6 heteroatoms. The first kappa shape index (κ1) is 13.6. The van der Waals surface area contributed by atoms with Gasteiger partial charge in [0.05, 0.1) is 6.04 Å². The Morgan fingerprint density at radius 1 is 1.42 bits per heavy atom. The second-order valence-electron chi connectivity index (χ2n) is 4.46. The van der Waals surface area contributed by atoms with Crippen LogP contribution in [0.25, 0.3) is 0 Å². The summed E-state index contributed by atoms with van der Waals surface area (Å²) in [6.45, 7) is 1.51. The van der Waals surface area contributed by atoms with Crippen LogP contribution in [0.4, 0.5) is 13.2 Å². The van der Waals surface area contributed by atoms with Gasteiger partial charge in [-0.1, -0.05) is 18.2 Å². The molecule has 2 rings (SSSR count). The summed E-state index contributed by atoms with van der Waals surface area (Å²) >= 11 is 0. The van der Waals surface area contributed by atoms with Crippen LogP contribution >= 0.6 is 0 Å². The number of amides is 1. The number of fused-ring (bicyclic) bond motifs is 1. The average molecular weight is 271 g/mol. The standard InChI is InChI=1S/C13H12F3NO2/c1-8-10-4-2-3-9(7-18)11(10)5-6-17(8)12(19)13(14,15)16/h2-4,7-8H,5-6H2,1H3. The SMILES string of the molecule is CC1c2cccc(C=O)c2CCN1C(=O)C(F)(F)F. The third-order valence-electron chi connectivity index (χ3n) is 3.40. The van der Waals surface area contributed by atoms with E-state index in [2.05, 4.69) is 0 Å². The maximum atomic E-state index is 12.5. The molecule has 0 saturated heterocycles. The number of hydrogen-bond donors (Lipinski definition) is 0. The Bertz CT molecular complexity index is 525. The normalized spacial score (nSPS) is 18.9.